The normalized spacial score (nSPS) is 12.5. The van der Waals surface area contributed by atoms with Gasteiger partial charge in [-0.25, -0.2) is 0 Å². The van der Waals surface area contributed by atoms with Crippen molar-refractivity contribution < 1.29 is 28.6 Å². The largest absolute Gasteiger partial charge is 0.462 e. The molecule has 0 heterocycles. The molecule has 61 heavy (non-hydrogen) atoms. The van der Waals surface area contributed by atoms with Gasteiger partial charge in [-0.2, -0.15) is 0 Å². The molecule has 1 atom stereocenters. The fourth-order valence-electron chi connectivity index (χ4n) is 7.13. The van der Waals surface area contributed by atoms with Crippen molar-refractivity contribution in [2.75, 3.05) is 13.2 Å². The van der Waals surface area contributed by atoms with E-state index in [1.807, 2.05) is 0 Å². The maximum absolute atomic E-state index is 12.7. The summed E-state index contributed by atoms with van der Waals surface area (Å²) < 4.78 is 16.7. The van der Waals surface area contributed by atoms with Gasteiger partial charge in [-0.3, -0.25) is 14.4 Å². The molecule has 352 valence electrons. The van der Waals surface area contributed by atoms with E-state index in [4.69, 9.17) is 14.2 Å². The highest BCUT2D eigenvalue weighted by atomic mass is 16.6. The molecule has 0 rings (SSSR count). The predicted octanol–water partition coefficient (Wildman–Crippen LogP) is 16.9. The molecule has 0 aromatic rings. The van der Waals surface area contributed by atoms with E-state index in [1.54, 1.807) is 0 Å². The SMILES string of the molecule is CC/C=C\C/C=C\C/C=C\CCCCCC(=O)OC(COC(=O)CCCCCCCCCCC)COC(=O)CCCCCCCCCCC/C=C\C/C=C\CCCCCCC. The Kier molecular flexibility index (Phi) is 47.4. The van der Waals surface area contributed by atoms with Crippen molar-refractivity contribution in [2.24, 2.45) is 0 Å². The van der Waals surface area contributed by atoms with Gasteiger partial charge in [0.1, 0.15) is 13.2 Å². The van der Waals surface area contributed by atoms with Crippen molar-refractivity contribution in [1.29, 1.82) is 0 Å². The monoisotopic (exact) mass is 853 g/mol. The van der Waals surface area contributed by atoms with Gasteiger partial charge in [0.05, 0.1) is 0 Å². The molecule has 0 saturated carbocycles. The molecule has 0 N–H and O–H groups in total. The maximum atomic E-state index is 12.7. The van der Waals surface area contributed by atoms with Gasteiger partial charge < -0.3 is 14.2 Å². The van der Waals surface area contributed by atoms with Gasteiger partial charge in [-0.1, -0.05) is 210 Å². The van der Waals surface area contributed by atoms with E-state index in [2.05, 4.69) is 81.5 Å². The minimum atomic E-state index is -0.787. The van der Waals surface area contributed by atoms with Crippen molar-refractivity contribution in [3.63, 3.8) is 0 Å². The van der Waals surface area contributed by atoms with Gasteiger partial charge in [0.15, 0.2) is 6.10 Å². The second kappa shape index (κ2) is 49.8. The summed E-state index contributed by atoms with van der Waals surface area (Å²) in [6, 6.07) is 0. The average molecular weight is 853 g/mol. The molecule has 0 fully saturated rings. The van der Waals surface area contributed by atoms with E-state index in [0.29, 0.717) is 19.3 Å². The summed E-state index contributed by atoms with van der Waals surface area (Å²) in [7, 11) is 0. The van der Waals surface area contributed by atoms with E-state index >= 15 is 0 Å². The van der Waals surface area contributed by atoms with Crippen LogP contribution in [0.3, 0.4) is 0 Å². The summed E-state index contributed by atoms with van der Waals surface area (Å²) in [5, 5.41) is 0. The smallest absolute Gasteiger partial charge is 0.306 e. The molecule has 0 bridgehead atoms. The van der Waals surface area contributed by atoms with Crippen LogP contribution in [0.15, 0.2) is 60.8 Å². The molecule has 0 aromatic heterocycles. The summed E-state index contributed by atoms with van der Waals surface area (Å²) in [5.41, 5.74) is 0. The van der Waals surface area contributed by atoms with E-state index in [-0.39, 0.29) is 31.1 Å². The Bertz CT molecular complexity index is 1120. The van der Waals surface area contributed by atoms with Crippen molar-refractivity contribution in [1.82, 2.24) is 0 Å². The molecule has 0 aliphatic heterocycles. The Labute approximate surface area is 377 Å². The van der Waals surface area contributed by atoms with Gasteiger partial charge in [-0.15, -0.1) is 0 Å². The highest BCUT2D eigenvalue weighted by molar-refractivity contribution is 5.71. The van der Waals surface area contributed by atoms with Crippen LogP contribution in [0.4, 0.5) is 0 Å². The van der Waals surface area contributed by atoms with Gasteiger partial charge in [0.2, 0.25) is 0 Å². The third-order valence-electron chi connectivity index (χ3n) is 11.0. The highest BCUT2D eigenvalue weighted by Crippen LogP contribution is 2.14. The summed E-state index contributed by atoms with van der Waals surface area (Å²) in [5.74, 6) is -0.920. The third-order valence-corrected chi connectivity index (χ3v) is 11.0. The molecule has 0 amide bonds. The lowest BCUT2D eigenvalue weighted by Crippen LogP contribution is -2.30. The lowest BCUT2D eigenvalue weighted by atomic mass is 10.1. The first-order valence-electron chi connectivity index (χ1n) is 25.8. The number of allylic oxidation sites excluding steroid dienone is 10. The number of carbonyl (C=O) groups is 3. The van der Waals surface area contributed by atoms with Crippen LogP contribution >= 0.6 is 0 Å². The number of unbranched alkanes of at least 4 members (excludes halogenated alkanes) is 25. The number of hydrogen-bond acceptors (Lipinski definition) is 6. The van der Waals surface area contributed by atoms with Crippen molar-refractivity contribution in [3.8, 4) is 0 Å². The summed E-state index contributed by atoms with van der Waals surface area (Å²) in [6.07, 6.45) is 60.7. The van der Waals surface area contributed by atoms with Gasteiger partial charge in [0, 0.05) is 19.3 Å². The van der Waals surface area contributed by atoms with Crippen LogP contribution in [0.2, 0.25) is 0 Å². The number of hydrogen-bond donors (Lipinski definition) is 0. The van der Waals surface area contributed by atoms with Gasteiger partial charge in [0.25, 0.3) is 0 Å². The molecule has 0 aromatic carbocycles. The van der Waals surface area contributed by atoms with E-state index in [9.17, 15) is 14.4 Å². The van der Waals surface area contributed by atoms with Crippen LogP contribution in [0, 0.1) is 0 Å². The molecular formula is C55H96O6. The minimum Gasteiger partial charge on any atom is -0.462 e. The molecule has 0 saturated heterocycles. The van der Waals surface area contributed by atoms with Crippen LogP contribution in [-0.4, -0.2) is 37.2 Å². The number of ether oxygens (including phenoxy) is 3. The lowest BCUT2D eigenvalue weighted by molar-refractivity contribution is -0.167. The topological polar surface area (TPSA) is 78.9 Å². The molecular weight excluding hydrogens is 757 g/mol. The Morgan fingerprint density at radius 1 is 0.344 bits per heavy atom. The fraction of sp³-hybridized carbons (Fsp3) is 0.764. The van der Waals surface area contributed by atoms with Crippen LogP contribution in [0.1, 0.15) is 252 Å². The number of rotatable bonds is 46. The second-order valence-electron chi connectivity index (χ2n) is 17.1. The van der Waals surface area contributed by atoms with E-state index in [1.165, 1.54) is 122 Å². The molecule has 0 aliphatic rings. The first-order chi connectivity index (χ1) is 30.0. The molecule has 6 heteroatoms. The molecule has 0 spiro atoms. The standard InChI is InChI=1S/C55H96O6/c1-4-7-10-13-16-19-21-23-24-25-26-27-28-29-30-32-33-36-39-42-45-48-54(57)60-51-52(50-59-53(56)47-44-41-38-35-18-15-12-9-6-3)61-55(58)49-46-43-40-37-34-31-22-20-17-14-11-8-5-2/h8,11,17,20-21,23,25-26,31,34,52H,4-7,9-10,12-16,18-19,22,24,27-30,32-33,35-51H2,1-3H3/b11-8-,20-17-,23-21-,26-25-,34-31-. The summed E-state index contributed by atoms with van der Waals surface area (Å²) in [4.78, 5) is 37.8. The van der Waals surface area contributed by atoms with Crippen LogP contribution < -0.4 is 0 Å². The first kappa shape index (κ1) is 58.1. The van der Waals surface area contributed by atoms with Crippen molar-refractivity contribution in [3.05, 3.63) is 60.8 Å². The zero-order valence-corrected chi connectivity index (χ0v) is 40.2. The van der Waals surface area contributed by atoms with Crippen LogP contribution in [-0.2, 0) is 28.6 Å². The summed E-state index contributed by atoms with van der Waals surface area (Å²) >= 11 is 0. The van der Waals surface area contributed by atoms with E-state index < -0.39 is 6.10 Å². The Balaban J connectivity index is 4.30. The first-order valence-corrected chi connectivity index (χ1v) is 25.8. The van der Waals surface area contributed by atoms with Crippen molar-refractivity contribution in [2.45, 2.75) is 258 Å². The van der Waals surface area contributed by atoms with Gasteiger partial charge >= 0.3 is 17.9 Å². The minimum absolute atomic E-state index is 0.0862. The second-order valence-corrected chi connectivity index (χ2v) is 17.1. The molecule has 0 aliphatic carbocycles. The average Bonchev–Trinajstić information content (AvgIpc) is 3.26. The molecule has 1 unspecified atom stereocenters. The van der Waals surface area contributed by atoms with Crippen LogP contribution in [0.25, 0.3) is 0 Å². The van der Waals surface area contributed by atoms with Crippen LogP contribution in [0.5, 0.6) is 0 Å². The zero-order valence-electron chi connectivity index (χ0n) is 40.2. The zero-order chi connectivity index (χ0) is 44.4. The maximum Gasteiger partial charge on any atom is 0.306 e. The third kappa shape index (κ3) is 48.0. The quantitative estimate of drug-likeness (QED) is 0.0263. The Hall–Kier alpha value is -2.89. The highest BCUT2D eigenvalue weighted by Gasteiger charge is 2.19. The summed E-state index contributed by atoms with van der Waals surface area (Å²) in [6.45, 7) is 6.47. The number of esters is 3. The van der Waals surface area contributed by atoms with Crippen molar-refractivity contribution >= 4 is 17.9 Å². The fourth-order valence-corrected chi connectivity index (χ4v) is 7.13. The molecule has 0 radical (unpaired) electrons. The lowest BCUT2D eigenvalue weighted by Gasteiger charge is -2.18. The molecule has 6 nitrogen and oxygen atoms in total. The van der Waals surface area contributed by atoms with E-state index in [0.717, 1.165) is 89.9 Å². The predicted molar refractivity (Wildman–Crippen MR) is 261 cm³/mol. The number of carbonyl (C=O) groups excluding carboxylic acids is 3. The Morgan fingerprint density at radius 2 is 0.639 bits per heavy atom. The van der Waals surface area contributed by atoms with Gasteiger partial charge in [-0.05, 0) is 83.5 Å². The Morgan fingerprint density at radius 3 is 1.02 bits per heavy atom.